The van der Waals surface area contributed by atoms with Crippen molar-refractivity contribution in [3.8, 4) is 17.2 Å². The van der Waals surface area contributed by atoms with Crippen molar-refractivity contribution < 1.29 is 24.1 Å². The van der Waals surface area contributed by atoms with E-state index in [9.17, 15) is 9.90 Å². The molecule has 2 fully saturated rings. The number of hydrogen-bond acceptors (Lipinski definition) is 6. The summed E-state index contributed by atoms with van der Waals surface area (Å²) in [5.41, 5.74) is 0.248. The Morgan fingerprint density at radius 2 is 1.88 bits per heavy atom. The molecule has 184 valence electrons. The summed E-state index contributed by atoms with van der Waals surface area (Å²) in [7, 11) is 1.65. The van der Waals surface area contributed by atoms with Crippen LogP contribution < -0.4 is 14.2 Å². The Labute approximate surface area is 202 Å². The molecule has 2 aromatic carbocycles. The Balaban J connectivity index is 1.27. The van der Waals surface area contributed by atoms with Crippen molar-refractivity contribution >= 4 is 5.91 Å². The van der Waals surface area contributed by atoms with Gasteiger partial charge >= 0.3 is 0 Å². The van der Waals surface area contributed by atoms with Crippen molar-refractivity contribution in [2.24, 2.45) is 0 Å². The van der Waals surface area contributed by atoms with Gasteiger partial charge in [0, 0.05) is 32.6 Å². The third-order valence-corrected chi connectivity index (χ3v) is 6.52. The first-order valence-electron chi connectivity index (χ1n) is 12.2. The average molecular weight is 469 g/mol. The number of β-amino-alcohol motifs (C(OH)–C–C–N with tert-alkyl or cyclic N) is 1. The van der Waals surface area contributed by atoms with E-state index < -0.39 is 5.60 Å². The monoisotopic (exact) mass is 468 g/mol. The minimum absolute atomic E-state index is 0.248. The first-order chi connectivity index (χ1) is 16.5. The van der Waals surface area contributed by atoms with Gasteiger partial charge in [0.25, 0.3) is 0 Å². The molecule has 4 rings (SSSR count). The summed E-state index contributed by atoms with van der Waals surface area (Å²) in [5.74, 6) is 2.44. The lowest BCUT2D eigenvalue weighted by Crippen LogP contribution is -2.51. The van der Waals surface area contributed by atoms with Crippen LogP contribution in [0.4, 0.5) is 0 Å². The predicted octanol–water partition coefficient (Wildman–Crippen LogP) is 3.49. The Kier molecular flexibility index (Phi) is 8.29. The highest BCUT2D eigenvalue weighted by atomic mass is 16.5. The van der Waals surface area contributed by atoms with Crippen LogP contribution in [0.5, 0.6) is 17.2 Å². The Bertz CT molecular complexity index is 938. The molecule has 0 unspecified atom stereocenters. The first-order valence-corrected chi connectivity index (χ1v) is 12.2. The highest BCUT2D eigenvalue weighted by Crippen LogP contribution is 2.30. The van der Waals surface area contributed by atoms with Gasteiger partial charge in [0.2, 0.25) is 5.91 Å². The summed E-state index contributed by atoms with van der Waals surface area (Å²) in [6, 6.07) is 15.6. The average Bonchev–Trinajstić information content (AvgIpc) is 3.26. The number of piperidine rings is 1. The molecule has 2 heterocycles. The van der Waals surface area contributed by atoms with Crippen molar-refractivity contribution in [1.82, 2.24) is 9.80 Å². The van der Waals surface area contributed by atoms with E-state index in [1.54, 1.807) is 7.11 Å². The summed E-state index contributed by atoms with van der Waals surface area (Å²) in [6.45, 7) is 4.65. The fourth-order valence-corrected chi connectivity index (χ4v) is 4.76. The first kappa shape index (κ1) is 24.4. The molecule has 1 N–H and O–H groups in total. The van der Waals surface area contributed by atoms with Gasteiger partial charge in [0.05, 0.1) is 13.7 Å². The summed E-state index contributed by atoms with van der Waals surface area (Å²) in [5, 5.41) is 11.1. The predicted molar refractivity (Wildman–Crippen MR) is 130 cm³/mol. The van der Waals surface area contributed by atoms with Gasteiger partial charge < -0.3 is 24.2 Å². The molecule has 0 saturated carbocycles. The third-order valence-electron chi connectivity index (χ3n) is 6.52. The maximum Gasteiger partial charge on any atom is 0.222 e. The van der Waals surface area contributed by atoms with Crippen molar-refractivity contribution in [3.63, 3.8) is 0 Å². The van der Waals surface area contributed by atoms with Crippen LogP contribution in [0.1, 0.15) is 37.7 Å². The van der Waals surface area contributed by atoms with Crippen LogP contribution in [0, 0.1) is 0 Å². The van der Waals surface area contributed by atoms with Crippen LogP contribution in [0.15, 0.2) is 48.5 Å². The number of carbonyl (C=O) groups is 1. The molecule has 2 aromatic rings. The lowest BCUT2D eigenvalue weighted by atomic mass is 9.93. The van der Waals surface area contributed by atoms with Crippen molar-refractivity contribution in [1.29, 1.82) is 0 Å². The minimum Gasteiger partial charge on any atom is -0.493 e. The summed E-state index contributed by atoms with van der Waals surface area (Å²) in [6.07, 6.45) is 4.09. The van der Waals surface area contributed by atoms with E-state index in [2.05, 4.69) is 11.0 Å². The number of amides is 1. The second kappa shape index (κ2) is 11.6. The SMILES string of the molecule is COc1cc(CN2CCC[C@](O)(COc3ccccc3)C2)ccc1OCCCN1CCCC1=O. The lowest BCUT2D eigenvalue weighted by molar-refractivity contribution is -0.127. The normalized spacial score (nSPS) is 21.0. The molecule has 2 saturated heterocycles. The van der Waals surface area contributed by atoms with E-state index in [-0.39, 0.29) is 12.5 Å². The maximum absolute atomic E-state index is 11.7. The molecule has 7 nitrogen and oxygen atoms in total. The fraction of sp³-hybridized carbons (Fsp3) is 0.519. The van der Waals surface area contributed by atoms with E-state index in [4.69, 9.17) is 14.2 Å². The van der Waals surface area contributed by atoms with Gasteiger partial charge in [-0.2, -0.15) is 0 Å². The molecule has 2 aliphatic heterocycles. The van der Waals surface area contributed by atoms with Gasteiger partial charge in [-0.05, 0) is 62.1 Å². The second-order valence-corrected chi connectivity index (χ2v) is 9.31. The molecule has 1 amide bonds. The Morgan fingerprint density at radius 1 is 1.03 bits per heavy atom. The maximum atomic E-state index is 11.7. The Hall–Kier alpha value is -2.77. The number of ether oxygens (including phenoxy) is 3. The van der Waals surface area contributed by atoms with E-state index in [0.29, 0.717) is 31.1 Å². The molecule has 0 spiro atoms. The molecule has 7 heteroatoms. The zero-order valence-electron chi connectivity index (χ0n) is 20.1. The van der Waals surface area contributed by atoms with E-state index in [1.807, 2.05) is 47.4 Å². The van der Waals surface area contributed by atoms with Gasteiger partial charge in [0.15, 0.2) is 11.5 Å². The topological polar surface area (TPSA) is 71.5 Å². The molecule has 1 atom stereocenters. The number of methoxy groups -OCH3 is 1. The number of hydrogen-bond donors (Lipinski definition) is 1. The zero-order valence-corrected chi connectivity index (χ0v) is 20.1. The number of rotatable bonds is 11. The molecular formula is C27H36N2O5. The summed E-state index contributed by atoms with van der Waals surface area (Å²) >= 11 is 0. The van der Waals surface area contributed by atoms with Crippen molar-refractivity contribution in [2.45, 2.75) is 44.2 Å². The van der Waals surface area contributed by atoms with E-state index in [0.717, 1.165) is 63.2 Å². The van der Waals surface area contributed by atoms with Crippen molar-refractivity contribution in [3.05, 3.63) is 54.1 Å². The van der Waals surface area contributed by atoms with Crippen LogP contribution in [0.25, 0.3) is 0 Å². The summed E-state index contributed by atoms with van der Waals surface area (Å²) < 4.78 is 17.4. The van der Waals surface area contributed by atoms with Crippen LogP contribution in [-0.4, -0.2) is 72.9 Å². The van der Waals surface area contributed by atoms with Gasteiger partial charge in [-0.1, -0.05) is 24.3 Å². The molecule has 0 bridgehead atoms. The highest BCUT2D eigenvalue weighted by Gasteiger charge is 2.34. The molecule has 34 heavy (non-hydrogen) atoms. The summed E-state index contributed by atoms with van der Waals surface area (Å²) in [4.78, 5) is 15.9. The van der Waals surface area contributed by atoms with E-state index >= 15 is 0 Å². The third kappa shape index (κ3) is 6.64. The van der Waals surface area contributed by atoms with Crippen LogP contribution in [0.2, 0.25) is 0 Å². The number of aliphatic hydroxyl groups is 1. The number of likely N-dealkylation sites (tertiary alicyclic amines) is 2. The Morgan fingerprint density at radius 3 is 2.65 bits per heavy atom. The standard InChI is InChI=1S/C27H36N2O5/c1-32-25-18-22(11-12-24(25)33-17-7-16-29-15-5-10-26(29)30)19-28-14-6-13-27(31,20-28)21-34-23-8-3-2-4-9-23/h2-4,8-9,11-12,18,31H,5-7,10,13-17,19-21H2,1H3/t27-/m1/s1. The number of para-hydroxylation sites is 1. The quantitative estimate of drug-likeness (QED) is 0.509. The number of benzene rings is 2. The second-order valence-electron chi connectivity index (χ2n) is 9.31. The van der Waals surface area contributed by atoms with Crippen LogP contribution in [-0.2, 0) is 11.3 Å². The largest absolute Gasteiger partial charge is 0.493 e. The molecule has 2 aliphatic rings. The van der Waals surface area contributed by atoms with Gasteiger partial charge in [-0.15, -0.1) is 0 Å². The zero-order chi connectivity index (χ0) is 23.8. The molecular weight excluding hydrogens is 432 g/mol. The molecule has 0 aliphatic carbocycles. The number of nitrogens with zero attached hydrogens (tertiary/aromatic N) is 2. The smallest absolute Gasteiger partial charge is 0.222 e. The highest BCUT2D eigenvalue weighted by molar-refractivity contribution is 5.77. The molecule has 0 radical (unpaired) electrons. The molecule has 0 aromatic heterocycles. The van der Waals surface area contributed by atoms with Crippen LogP contribution >= 0.6 is 0 Å². The van der Waals surface area contributed by atoms with Crippen molar-refractivity contribution in [2.75, 3.05) is 46.5 Å². The van der Waals surface area contributed by atoms with Crippen LogP contribution in [0.3, 0.4) is 0 Å². The van der Waals surface area contributed by atoms with Gasteiger partial charge in [0.1, 0.15) is 18.0 Å². The number of carbonyl (C=O) groups excluding carboxylic acids is 1. The van der Waals surface area contributed by atoms with Gasteiger partial charge in [-0.25, -0.2) is 0 Å². The minimum atomic E-state index is -0.863. The fourth-order valence-electron chi connectivity index (χ4n) is 4.76. The van der Waals surface area contributed by atoms with Gasteiger partial charge in [-0.3, -0.25) is 9.69 Å². The lowest BCUT2D eigenvalue weighted by Gasteiger charge is -2.39. The van der Waals surface area contributed by atoms with E-state index in [1.165, 1.54) is 0 Å².